The number of amides is 1. The number of hydrogen-bond donors (Lipinski definition) is 1. The second-order valence-corrected chi connectivity index (χ2v) is 8.94. The van der Waals surface area contributed by atoms with E-state index >= 15 is 0 Å². The molecular weight excluding hydrogens is 395 g/mol. The van der Waals surface area contributed by atoms with Gasteiger partial charge in [0.1, 0.15) is 11.5 Å². The van der Waals surface area contributed by atoms with E-state index in [1.807, 2.05) is 12.1 Å². The molecule has 0 spiro atoms. The van der Waals surface area contributed by atoms with E-state index in [4.69, 9.17) is 4.42 Å². The number of nitrogens with one attached hydrogen (secondary N) is 1. The Bertz CT molecular complexity index is 966. The molecule has 1 aliphatic carbocycles. The zero-order valence-electron chi connectivity index (χ0n) is 15.1. The first-order valence-electron chi connectivity index (χ1n) is 8.83. The molecule has 152 valence electrons. The van der Waals surface area contributed by atoms with Crippen molar-refractivity contribution in [2.45, 2.75) is 49.1 Å². The first-order valence-corrected chi connectivity index (χ1v) is 10.3. The molecule has 1 amide bonds. The summed E-state index contributed by atoms with van der Waals surface area (Å²) in [6.07, 6.45) is 1.68. The van der Waals surface area contributed by atoms with E-state index in [1.165, 1.54) is 12.1 Å². The number of benzene rings is 1. The van der Waals surface area contributed by atoms with Gasteiger partial charge in [0, 0.05) is 25.3 Å². The van der Waals surface area contributed by atoms with Gasteiger partial charge in [0.25, 0.3) is 9.84 Å². The topological polar surface area (TPSA) is 76.4 Å². The summed E-state index contributed by atoms with van der Waals surface area (Å²) >= 11 is 0. The Kier molecular flexibility index (Phi) is 5.56. The van der Waals surface area contributed by atoms with Crippen LogP contribution in [0.5, 0.6) is 0 Å². The standard InChI is InChI=1S/C19H20F3NO4S/c1-12-9-16(12)17-7-5-14(27-17)6-8-18(24)23-11-13-3-2-4-15(10-13)28(25,26)19(20,21)22/h2-5,7,10,12,16H,6,8-9,11H2,1H3,(H,23,24). The molecule has 1 aliphatic rings. The molecule has 1 saturated carbocycles. The first-order chi connectivity index (χ1) is 13.1. The summed E-state index contributed by atoms with van der Waals surface area (Å²) in [5, 5.41) is 2.58. The number of hydrogen-bond acceptors (Lipinski definition) is 4. The molecule has 1 heterocycles. The van der Waals surface area contributed by atoms with E-state index in [2.05, 4.69) is 12.2 Å². The molecule has 2 unspecified atom stereocenters. The highest BCUT2D eigenvalue weighted by Crippen LogP contribution is 2.47. The van der Waals surface area contributed by atoms with Crippen LogP contribution in [0.15, 0.2) is 45.7 Å². The molecule has 28 heavy (non-hydrogen) atoms. The number of halogens is 3. The maximum Gasteiger partial charge on any atom is 0.501 e. The third kappa shape index (κ3) is 4.57. The van der Waals surface area contributed by atoms with Crippen LogP contribution in [0.25, 0.3) is 0 Å². The van der Waals surface area contributed by atoms with Crippen molar-refractivity contribution in [3.8, 4) is 0 Å². The zero-order valence-corrected chi connectivity index (χ0v) is 15.9. The van der Waals surface area contributed by atoms with Crippen LogP contribution in [-0.4, -0.2) is 19.8 Å². The third-order valence-corrected chi connectivity index (χ3v) is 6.24. The highest BCUT2D eigenvalue weighted by Gasteiger charge is 2.46. The lowest BCUT2D eigenvalue weighted by Crippen LogP contribution is -2.25. The fourth-order valence-electron chi connectivity index (χ4n) is 2.93. The van der Waals surface area contributed by atoms with Crippen LogP contribution >= 0.6 is 0 Å². The summed E-state index contributed by atoms with van der Waals surface area (Å²) in [4.78, 5) is 11.1. The zero-order chi connectivity index (χ0) is 20.5. The van der Waals surface area contributed by atoms with Gasteiger partial charge in [-0.3, -0.25) is 4.79 Å². The number of carbonyl (C=O) groups excluding carboxylic acids is 1. The summed E-state index contributed by atoms with van der Waals surface area (Å²) in [5.41, 5.74) is -5.10. The Morgan fingerprint density at radius 1 is 1.25 bits per heavy atom. The van der Waals surface area contributed by atoms with Crippen molar-refractivity contribution in [2.75, 3.05) is 0 Å². The van der Waals surface area contributed by atoms with E-state index in [0.717, 1.165) is 24.3 Å². The Morgan fingerprint density at radius 2 is 1.96 bits per heavy atom. The van der Waals surface area contributed by atoms with Crippen molar-refractivity contribution >= 4 is 15.7 Å². The van der Waals surface area contributed by atoms with Gasteiger partial charge in [-0.2, -0.15) is 13.2 Å². The Labute approximate surface area is 160 Å². The summed E-state index contributed by atoms with van der Waals surface area (Å²) in [6, 6.07) is 8.23. The van der Waals surface area contributed by atoms with E-state index in [9.17, 15) is 26.4 Å². The predicted molar refractivity (Wildman–Crippen MR) is 95.1 cm³/mol. The third-order valence-electron chi connectivity index (χ3n) is 4.76. The molecule has 1 aromatic carbocycles. The molecule has 0 aliphatic heterocycles. The Morgan fingerprint density at radius 3 is 2.61 bits per heavy atom. The number of furan rings is 1. The van der Waals surface area contributed by atoms with E-state index < -0.39 is 20.2 Å². The lowest BCUT2D eigenvalue weighted by molar-refractivity contribution is -0.121. The summed E-state index contributed by atoms with van der Waals surface area (Å²) in [5.74, 6) is 2.43. The molecule has 2 aromatic rings. The van der Waals surface area contributed by atoms with Gasteiger partial charge in [-0.05, 0) is 42.2 Å². The van der Waals surface area contributed by atoms with Gasteiger partial charge in [-0.1, -0.05) is 19.1 Å². The maximum atomic E-state index is 12.6. The minimum atomic E-state index is -5.41. The van der Waals surface area contributed by atoms with Gasteiger partial charge in [-0.15, -0.1) is 0 Å². The van der Waals surface area contributed by atoms with Crippen LogP contribution in [0.1, 0.15) is 42.8 Å². The quantitative estimate of drug-likeness (QED) is 0.743. The number of aryl methyl sites for hydroxylation is 1. The number of sulfone groups is 1. The molecule has 0 radical (unpaired) electrons. The normalized spacial score (nSPS) is 19.4. The van der Waals surface area contributed by atoms with Crippen molar-refractivity contribution < 1.29 is 30.8 Å². The number of alkyl halides is 3. The van der Waals surface area contributed by atoms with Crippen LogP contribution in [-0.2, 0) is 27.6 Å². The van der Waals surface area contributed by atoms with Crippen LogP contribution in [0, 0.1) is 5.92 Å². The van der Waals surface area contributed by atoms with Gasteiger partial charge < -0.3 is 9.73 Å². The van der Waals surface area contributed by atoms with Crippen molar-refractivity contribution in [3.05, 3.63) is 53.5 Å². The minimum Gasteiger partial charge on any atom is -0.466 e. The van der Waals surface area contributed by atoms with E-state index in [0.29, 0.717) is 24.0 Å². The van der Waals surface area contributed by atoms with Gasteiger partial charge in [0.15, 0.2) is 0 Å². The van der Waals surface area contributed by atoms with E-state index in [-0.39, 0.29) is 24.4 Å². The molecule has 9 heteroatoms. The average Bonchev–Trinajstić information content (AvgIpc) is 3.17. The molecule has 3 rings (SSSR count). The second kappa shape index (κ2) is 7.62. The van der Waals surface area contributed by atoms with Crippen LogP contribution < -0.4 is 5.32 Å². The van der Waals surface area contributed by atoms with Crippen LogP contribution in [0.4, 0.5) is 13.2 Å². The van der Waals surface area contributed by atoms with Crippen molar-refractivity contribution in [1.82, 2.24) is 5.32 Å². The lowest BCUT2D eigenvalue weighted by Gasteiger charge is -2.10. The minimum absolute atomic E-state index is 0.0664. The van der Waals surface area contributed by atoms with Crippen LogP contribution in [0.2, 0.25) is 0 Å². The molecule has 1 fully saturated rings. The second-order valence-electron chi connectivity index (χ2n) is 7.00. The number of rotatable bonds is 7. The molecular formula is C19H20F3NO4S. The highest BCUT2D eigenvalue weighted by molar-refractivity contribution is 7.92. The monoisotopic (exact) mass is 415 g/mol. The lowest BCUT2D eigenvalue weighted by atomic mass is 10.2. The van der Waals surface area contributed by atoms with Crippen molar-refractivity contribution in [1.29, 1.82) is 0 Å². The summed E-state index contributed by atoms with van der Waals surface area (Å²) < 4.78 is 66.5. The van der Waals surface area contributed by atoms with Crippen molar-refractivity contribution in [3.63, 3.8) is 0 Å². The van der Waals surface area contributed by atoms with Gasteiger partial charge >= 0.3 is 5.51 Å². The first kappa shape index (κ1) is 20.4. The fraction of sp³-hybridized carbons (Fsp3) is 0.421. The smallest absolute Gasteiger partial charge is 0.466 e. The molecule has 1 aromatic heterocycles. The predicted octanol–water partition coefficient (Wildman–Crippen LogP) is 3.95. The Balaban J connectivity index is 1.52. The van der Waals surface area contributed by atoms with Gasteiger partial charge in [0.05, 0.1) is 4.90 Å². The molecule has 2 atom stereocenters. The average molecular weight is 415 g/mol. The SMILES string of the molecule is CC1CC1c1ccc(CCC(=O)NCc2cccc(S(=O)(=O)C(F)(F)F)c2)o1. The van der Waals surface area contributed by atoms with Gasteiger partial charge in [-0.25, -0.2) is 8.42 Å². The fourth-order valence-corrected chi connectivity index (χ4v) is 3.76. The highest BCUT2D eigenvalue weighted by atomic mass is 32.2. The molecule has 1 N–H and O–H groups in total. The van der Waals surface area contributed by atoms with E-state index in [1.54, 1.807) is 0 Å². The van der Waals surface area contributed by atoms with Crippen LogP contribution in [0.3, 0.4) is 0 Å². The molecule has 0 saturated heterocycles. The summed E-state index contributed by atoms with van der Waals surface area (Å²) in [7, 11) is -5.41. The largest absolute Gasteiger partial charge is 0.501 e. The van der Waals surface area contributed by atoms with Crippen molar-refractivity contribution in [2.24, 2.45) is 5.92 Å². The summed E-state index contributed by atoms with van der Waals surface area (Å²) in [6.45, 7) is 2.08. The Hall–Kier alpha value is -2.29. The molecule has 0 bridgehead atoms. The number of carbonyl (C=O) groups is 1. The maximum absolute atomic E-state index is 12.6. The molecule has 5 nitrogen and oxygen atoms in total. The van der Waals surface area contributed by atoms with Gasteiger partial charge in [0.2, 0.25) is 5.91 Å².